The van der Waals surface area contributed by atoms with Crippen molar-refractivity contribution in [2.75, 3.05) is 38.0 Å². The number of nitrogens with zero attached hydrogens (tertiary/aromatic N) is 2. The average molecular weight is 287 g/mol. The maximum atomic E-state index is 12.1. The van der Waals surface area contributed by atoms with Crippen molar-refractivity contribution in [2.45, 2.75) is 31.7 Å². The van der Waals surface area contributed by atoms with Crippen LogP contribution >= 0.6 is 0 Å². The molecular formula is C17H25N3O. The van der Waals surface area contributed by atoms with E-state index in [-0.39, 0.29) is 5.91 Å². The van der Waals surface area contributed by atoms with Crippen molar-refractivity contribution in [1.82, 2.24) is 9.80 Å². The molecule has 0 bridgehead atoms. The van der Waals surface area contributed by atoms with Crippen LogP contribution in [0, 0.1) is 0 Å². The molecule has 2 aliphatic heterocycles. The minimum absolute atomic E-state index is 0.100. The summed E-state index contributed by atoms with van der Waals surface area (Å²) in [6.45, 7) is 5.09. The Morgan fingerprint density at radius 1 is 1.10 bits per heavy atom. The molecule has 4 heteroatoms. The van der Waals surface area contributed by atoms with Gasteiger partial charge >= 0.3 is 0 Å². The number of anilines is 1. The highest BCUT2D eigenvalue weighted by atomic mass is 16.2. The summed E-state index contributed by atoms with van der Waals surface area (Å²) in [5, 5.41) is 2.98. The molecule has 0 aromatic heterocycles. The van der Waals surface area contributed by atoms with Crippen LogP contribution in [0.25, 0.3) is 0 Å². The first kappa shape index (κ1) is 14.5. The summed E-state index contributed by atoms with van der Waals surface area (Å²) in [6.07, 6.45) is 5.17. The molecule has 1 unspecified atom stereocenters. The van der Waals surface area contributed by atoms with Crippen molar-refractivity contribution in [3.8, 4) is 0 Å². The number of para-hydroxylation sites is 1. The van der Waals surface area contributed by atoms with Crippen LogP contribution in [0.1, 0.15) is 25.7 Å². The van der Waals surface area contributed by atoms with Gasteiger partial charge in [-0.05, 0) is 57.5 Å². The molecule has 0 spiro atoms. The normalized spacial score (nSPS) is 24.1. The van der Waals surface area contributed by atoms with Gasteiger partial charge in [0.05, 0.1) is 6.54 Å². The Morgan fingerprint density at radius 2 is 1.86 bits per heavy atom. The summed E-state index contributed by atoms with van der Waals surface area (Å²) < 4.78 is 0. The Balaban J connectivity index is 1.48. The molecule has 21 heavy (non-hydrogen) atoms. The zero-order valence-electron chi connectivity index (χ0n) is 12.6. The maximum Gasteiger partial charge on any atom is 0.238 e. The van der Waals surface area contributed by atoms with Crippen LogP contribution in [0.2, 0.25) is 0 Å². The van der Waals surface area contributed by atoms with Gasteiger partial charge in [0.25, 0.3) is 0 Å². The molecule has 0 radical (unpaired) electrons. The fourth-order valence-electron chi connectivity index (χ4n) is 3.50. The Labute approximate surface area is 127 Å². The van der Waals surface area contributed by atoms with E-state index in [0.29, 0.717) is 12.6 Å². The number of nitrogens with one attached hydrogen (secondary N) is 1. The molecule has 1 aromatic rings. The van der Waals surface area contributed by atoms with Gasteiger partial charge in [0, 0.05) is 18.3 Å². The van der Waals surface area contributed by atoms with Gasteiger partial charge < -0.3 is 5.32 Å². The van der Waals surface area contributed by atoms with Gasteiger partial charge in [-0.3, -0.25) is 14.6 Å². The number of hydrogen-bond acceptors (Lipinski definition) is 3. The lowest BCUT2D eigenvalue weighted by atomic mass is 10.0. The standard InChI is InChI=1S/C17H25N3O/c21-17(18-15-7-2-1-3-8-15)14-19-10-6-9-16(13-19)20-11-4-5-12-20/h1-3,7-8,16H,4-6,9-14H2,(H,18,21). The number of likely N-dealkylation sites (tertiary alicyclic amines) is 2. The van der Waals surface area contributed by atoms with Crippen molar-refractivity contribution in [3.63, 3.8) is 0 Å². The predicted octanol–water partition coefficient (Wildman–Crippen LogP) is 2.19. The van der Waals surface area contributed by atoms with Crippen LogP contribution in [0.5, 0.6) is 0 Å². The molecule has 2 heterocycles. The second-order valence-corrected chi connectivity index (χ2v) is 6.19. The van der Waals surface area contributed by atoms with E-state index >= 15 is 0 Å². The fourth-order valence-corrected chi connectivity index (χ4v) is 3.50. The van der Waals surface area contributed by atoms with Gasteiger partial charge in [0.2, 0.25) is 5.91 Å². The minimum Gasteiger partial charge on any atom is -0.325 e. The summed E-state index contributed by atoms with van der Waals surface area (Å²) in [5.41, 5.74) is 0.885. The lowest BCUT2D eigenvalue weighted by molar-refractivity contribution is -0.117. The van der Waals surface area contributed by atoms with Gasteiger partial charge in [0.1, 0.15) is 0 Å². The summed E-state index contributed by atoms with van der Waals surface area (Å²) in [7, 11) is 0. The molecule has 114 valence electrons. The van der Waals surface area contributed by atoms with Crippen LogP contribution in [0.4, 0.5) is 5.69 Å². The number of carbonyl (C=O) groups is 1. The Kier molecular flexibility index (Phi) is 4.88. The first-order chi connectivity index (χ1) is 10.3. The van der Waals surface area contributed by atoms with Crippen molar-refractivity contribution < 1.29 is 4.79 Å². The van der Waals surface area contributed by atoms with E-state index in [4.69, 9.17) is 0 Å². The lowest BCUT2D eigenvalue weighted by Crippen LogP contribution is -2.48. The number of benzene rings is 1. The molecule has 2 fully saturated rings. The topological polar surface area (TPSA) is 35.6 Å². The van der Waals surface area contributed by atoms with E-state index in [1.807, 2.05) is 30.3 Å². The maximum absolute atomic E-state index is 12.1. The van der Waals surface area contributed by atoms with Crippen LogP contribution in [0.3, 0.4) is 0 Å². The molecule has 3 rings (SSSR count). The SMILES string of the molecule is O=C(CN1CCCC(N2CCCC2)C1)Nc1ccccc1. The Bertz CT molecular complexity index is 456. The molecule has 1 atom stereocenters. The van der Waals surface area contributed by atoms with Gasteiger partial charge in [-0.2, -0.15) is 0 Å². The second-order valence-electron chi connectivity index (χ2n) is 6.19. The summed E-state index contributed by atoms with van der Waals surface area (Å²) in [4.78, 5) is 17.1. The Hall–Kier alpha value is -1.39. The molecule has 1 N–H and O–H groups in total. The van der Waals surface area contributed by atoms with Crippen molar-refractivity contribution in [2.24, 2.45) is 0 Å². The quantitative estimate of drug-likeness (QED) is 0.922. The number of carbonyl (C=O) groups excluding carboxylic acids is 1. The monoisotopic (exact) mass is 287 g/mol. The van der Waals surface area contributed by atoms with E-state index in [0.717, 1.165) is 18.8 Å². The van der Waals surface area contributed by atoms with E-state index in [1.165, 1.54) is 38.8 Å². The zero-order valence-corrected chi connectivity index (χ0v) is 12.6. The van der Waals surface area contributed by atoms with E-state index in [9.17, 15) is 4.79 Å². The van der Waals surface area contributed by atoms with Crippen LogP contribution < -0.4 is 5.32 Å². The molecule has 4 nitrogen and oxygen atoms in total. The third-order valence-corrected chi connectivity index (χ3v) is 4.56. The van der Waals surface area contributed by atoms with Crippen molar-refractivity contribution in [3.05, 3.63) is 30.3 Å². The number of piperidine rings is 1. The summed E-state index contributed by atoms with van der Waals surface area (Å²) in [5.74, 6) is 0.100. The highest BCUT2D eigenvalue weighted by molar-refractivity contribution is 5.92. The largest absolute Gasteiger partial charge is 0.325 e. The lowest BCUT2D eigenvalue weighted by Gasteiger charge is -2.37. The predicted molar refractivity (Wildman–Crippen MR) is 85.3 cm³/mol. The first-order valence-electron chi connectivity index (χ1n) is 8.12. The molecule has 2 aliphatic rings. The highest BCUT2D eigenvalue weighted by Crippen LogP contribution is 2.20. The van der Waals surface area contributed by atoms with Gasteiger partial charge in [-0.15, -0.1) is 0 Å². The van der Waals surface area contributed by atoms with Crippen molar-refractivity contribution in [1.29, 1.82) is 0 Å². The smallest absolute Gasteiger partial charge is 0.238 e. The molecule has 0 saturated carbocycles. The Morgan fingerprint density at radius 3 is 2.62 bits per heavy atom. The first-order valence-corrected chi connectivity index (χ1v) is 8.12. The molecule has 2 saturated heterocycles. The van der Waals surface area contributed by atoms with Crippen LogP contribution in [0.15, 0.2) is 30.3 Å². The second kappa shape index (κ2) is 7.05. The minimum atomic E-state index is 0.100. The average Bonchev–Trinajstić information content (AvgIpc) is 3.02. The third kappa shape index (κ3) is 4.05. The zero-order chi connectivity index (χ0) is 14.5. The number of hydrogen-bond donors (Lipinski definition) is 1. The third-order valence-electron chi connectivity index (χ3n) is 4.56. The van der Waals surface area contributed by atoms with Crippen molar-refractivity contribution >= 4 is 11.6 Å². The van der Waals surface area contributed by atoms with Gasteiger partial charge in [0.15, 0.2) is 0 Å². The number of amides is 1. The molecular weight excluding hydrogens is 262 g/mol. The fraction of sp³-hybridized carbons (Fsp3) is 0.588. The van der Waals surface area contributed by atoms with E-state index < -0.39 is 0 Å². The summed E-state index contributed by atoms with van der Waals surface area (Å²) in [6, 6.07) is 10.4. The van der Waals surface area contributed by atoms with Crippen LogP contribution in [-0.2, 0) is 4.79 Å². The van der Waals surface area contributed by atoms with E-state index in [2.05, 4.69) is 15.1 Å². The molecule has 1 aromatic carbocycles. The molecule has 0 aliphatic carbocycles. The van der Waals surface area contributed by atoms with Gasteiger partial charge in [-0.25, -0.2) is 0 Å². The molecule has 1 amide bonds. The van der Waals surface area contributed by atoms with E-state index in [1.54, 1.807) is 0 Å². The summed E-state index contributed by atoms with van der Waals surface area (Å²) >= 11 is 0. The van der Waals surface area contributed by atoms with Gasteiger partial charge in [-0.1, -0.05) is 18.2 Å². The number of rotatable bonds is 4. The highest BCUT2D eigenvalue weighted by Gasteiger charge is 2.27. The van der Waals surface area contributed by atoms with Crippen LogP contribution in [-0.4, -0.2) is 54.5 Å².